The summed E-state index contributed by atoms with van der Waals surface area (Å²) in [6, 6.07) is 4.59. The fraction of sp³-hybridized carbons (Fsp3) is 0.100. The molecular weight excluding hydrogens is 254 g/mol. The highest BCUT2D eigenvalue weighted by Gasteiger charge is 2.19. The number of hydrogen-bond acceptors (Lipinski definition) is 6. The summed E-state index contributed by atoms with van der Waals surface area (Å²) in [6.45, 7) is 0. The van der Waals surface area contributed by atoms with Gasteiger partial charge >= 0.3 is 0 Å². The van der Waals surface area contributed by atoms with E-state index in [0.717, 1.165) is 0 Å². The normalized spacial score (nSPS) is 10.9. The number of aromatic nitrogens is 3. The highest BCUT2D eigenvalue weighted by atomic mass is 32.2. The molecule has 0 unspecified atom stereocenters. The molecule has 0 bridgehead atoms. The van der Waals surface area contributed by atoms with Crippen LogP contribution < -0.4 is 10.0 Å². The molecule has 0 saturated heterocycles. The van der Waals surface area contributed by atoms with E-state index in [0.29, 0.717) is 0 Å². The smallest absolute Gasteiger partial charge is 0.267 e. The maximum Gasteiger partial charge on any atom is 0.267 e. The van der Waals surface area contributed by atoms with Crippen molar-refractivity contribution in [3.8, 4) is 0 Å². The zero-order valence-electron chi connectivity index (χ0n) is 9.53. The SMILES string of the molecule is CNc1ncccc1S(=O)(=O)Nc1ncccn1. The van der Waals surface area contributed by atoms with Gasteiger partial charge in [-0.05, 0) is 18.2 Å². The van der Waals surface area contributed by atoms with Crippen LogP contribution in [0.25, 0.3) is 0 Å². The van der Waals surface area contributed by atoms with Crippen LogP contribution in [0.15, 0.2) is 41.7 Å². The predicted molar refractivity (Wildman–Crippen MR) is 66.6 cm³/mol. The van der Waals surface area contributed by atoms with Crippen LogP contribution in [0.4, 0.5) is 11.8 Å². The van der Waals surface area contributed by atoms with Gasteiger partial charge in [-0.15, -0.1) is 0 Å². The monoisotopic (exact) mass is 265 g/mol. The minimum atomic E-state index is -3.76. The summed E-state index contributed by atoms with van der Waals surface area (Å²) < 4.78 is 26.5. The zero-order valence-corrected chi connectivity index (χ0v) is 10.3. The summed E-state index contributed by atoms with van der Waals surface area (Å²) in [6.07, 6.45) is 4.41. The lowest BCUT2D eigenvalue weighted by Gasteiger charge is -2.09. The summed E-state index contributed by atoms with van der Waals surface area (Å²) in [5.74, 6) is 0.282. The van der Waals surface area contributed by atoms with Crippen molar-refractivity contribution < 1.29 is 8.42 Å². The van der Waals surface area contributed by atoms with Crippen LogP contribution in [0.3, 0.4) is 0 Å². The Labute approximate surface area is 104 Å². The third-order valence-corrected chi connectivity index (χ3v) is 3.45. The quantitative estimate of drug-likeness (QED) is 0.845. The number of sulfonamides is 1. The predicted octanol–water partition coefficient (Wildman–Crippen LogP) is 0.714. The molecule has 8 heteroatoms. The molecule has 0 aliphatic heterocycles. The topological polar surface area (TPSA) is 96.9 Å². The molecule has 0 saturated carbocycles. The van der Waals surface area contributed by atoms with E-state index in [9.17, 15) is 8.42 Å². The van der Waals surface area contributed by atoms with E-state index >= 15 is 0 Å². The van der Waals surface area contributed by atoms with Crippen molar-refractivity contribution in [2.45, 2.75) is 4.90 Å². The Morgan fingerprint density at radius 2 is 1.72 bits per heavy atom. The van der Waals surface area contributed by atoms with E-state index in [1.54, 1.807) is 19.2 Å². The second kappa shape index (κ2) is 4.96. The van der Waals surface area contributed by atoms with Gasteiger partial charge in [-0.2, -0.15) is 0 Å². The van der Waals surface area contributed by atoms with Gasteiger partial charge in [-0.3, -0.25) is 0 Å². The second-order valence-electron chi connectivity index (χ2n) is 3.28. The van der Waals surface area contributed by atoms with Crippen LogP contribution in [0.1, 0.15) is 0 Å². The largest absolute Gasteiger partial charge is 0.372 e. The zero-order chi connectivity index (χ0) is 13.0. The maximum absolute atomic E-state index is 12.1. The van der Waals surface area contributed by atoms with Crippen LogP contribution >= 0.6 is 0 Å². The highest BCUT2D eigenvalue weighted by molar-refractivity contribution is 7.92. The van der Waals surface area contributed by atoms with Gasteiger partial charge in [0.1, 0.15) is 10.7 Å². The third-order valence-electron chi connectivity index (χ3n) is 2.09. The van der Waals surface area contributed by atoms with Crippen molar-refractivity contribution in [2.24, 2.45) is 0 Å². The molecule has 0 atom stereocenters. The highest BCUT2D eigenvalue weighted by Crippen LogP contribution is 2.19. The van der Waals surface area contributed by atoms with E-state index in [-0.39, 0.29) is 16.7 Å². The molecule has 2 rings (SSSR count). The van der Waals surface area contributed by atoms with Gasteiger partial charge in [0.15, 0.2) is 0 Å². The molecule has 0 aromatic carbocycles. The number of anilines is 2. The van der Waals surface area contributed by atoms with Crippen LogP contribution in [-0.4, -0.2) is 30.4 Å². The lowest BCUT2D eigenvalue weighted by Crippen LogP contribution is -2.16. The molecule has 2 N–H and O–H groups in total. The van der Waals surface area contributed by atoms with Crippen LogP contribution in [0.2, 0.25) is 0 Å². The first kappa shape index (κ1) is 12.2. The minimum absolute atomic E-state index is 0.0170. The number of rotatable bonds is 4. The summed E-state index contributed by atoms with van der Waals surface area (Å²) in [5, 5.41) is 2.72. The Morgan fingerprint density at radius 1 is 1.06 bits per heavy atom. The van der Waals surface area contributed by atoms with Gasteiger partial charge in [0.05, 0.1) is 0 Å². The average molecular weight is 265 g/mol. The Morgan fingerprint density at radius 3 is 2.39 bits per heavy atom. The van der Waals surface area contributed by atoms with Gasteiger partial charge in [0.25, 0.3) is 10.0 Å². The lowest BCUT2D eigenvalue weighted by atomic mass is 10.5. The number of pyridine rings is 1. The van der Waals surface area contributed by atoms with Crippen molar-refractivity contribution in [1.29, 1.82) is 0 Å². The van der Waals surface area contributed by atoms with E-state index in [2.05, 4.69) is 25.0 Å². The Bertz CT molecular complexity index is 630. The minimum Gasteiger partial charge on any atom is -0.372 e. The van der Waals surface area contributed by atoms with Crippen LogP contribution in [0, 0.1) is 0 Å². The van der Waals surface area contributed by atoms with Crippen molar-refractivity contribution in [1.82, 2.24) is 15.0 Å². The lowest BCUT2D eigenvalue weighted by molar-refractivity contribution is 0.600. The maximum atomic E-state index is 12.1. The molecule has 2 heterocycles. The molecule has 7 nitrogen and oxygen atoms in total. The summed E-state index contributed by atoms with van der Waals surface area (Å²) in [7, 11) is -2.16. The first-order valence-electron chi connectivity index (χ1n) is 5.06. The van der Waals surface area contributed by atoms with Crippen molar-refractivity contribution >= 4 is 21.8 Å². The van der Waals surface area contributed by atoms with Gasteiger partial charge in [0, 0.05) is 25.6 Å². The summed E-state index contributed by atoms with van der Waals surface area (Å²) in [4.78, 5) is 11.6. The molecule has 18 heavy (non-hydrogen) atoms. The molecule has 2 aromatic heterocycles. The third kappa shape index (κ3) is 2.54. The fourth-order valence-electron chi connectivity index (χ4n) is 1.32. The second-order valence-corrected chi connectivity index (χ2v) is 4.93. The Balaban J connectivity index is 2.37. The van der Waals surface area contributed by atoms with Gasteiger partial charge in [0.2, 0.25) is 5.95 Å². The molecule has 0 aliphatic carbocycles. The first-order chi connectivity index (χ1) is 8.63. The van der Waals surface area contributed by atoms with Crippen LogP contribution in [-0.2, 0) is 10.0 Å². The fourth-order valence-corrected chi connectivity index (χ4v) is 2.44. The molecule has 2 aromatic rings. The van der Waals surface area contributed by atoms with Gasteiger partial charge in [-0.25, -0.2) is 28.1 Å². The van der Waals surface area contributed by atoms with E-state index in [1.807, 2.05) is 0 Å². The molecular formula is C10H11N5O2S. The van der Waals surface area contributed by atoms with Gasteiger partial charge < -0.3 is 5.32 Å². The molecule has 94 valence electrons. The average Bonchev–Trinajstić information content (AvgIpc) is 2.39. The Hall–Kier alpha value is -2.22. The van der Waals surface area contributed by atoms with E-state index < -0.39 is 10.0 Å². The number of nitrogens with one attached hydrogen (secondary N) is 2. The van der Waals surface area contributed by atoms with Crippen molar-refractivity contribution in [3.05, 3.63) is 36.8 Å². The molecule has 0 fully saturated rings. The molecule has 0 amide bonds. The number of nitrogens with zero attached hydrogens (tertiary/aromatic N) is 3. The van der Waals surface area contributed by atoms with Crippen LogP contribution in [0.5, 0.6) is 0 Å². The summed E-state index contributed by atoms with van der Waals surface area (Å²) in [5.41, 5.74) is 0. The number of hydrogen-bond donors (Lipinski definition) is 2. The van der Waals surface area contributed by atoms with E-state index in [4.69, 9.17) is 0 Å². The Kier molecular flexibility index (Phi) is 3.38. The summed E-state index contributed by atoms with van der Waals surface area (Å²) >= 11 is 0. The van der Waals surface area contributed by atoms with Crippen molar-refractivity contribution in [3.63, 3.8) is 0 Å². The van der Waals surface area contributed by atoms with Crippen molar-refractivity contribution in [2.75, 3.05) is 17.1 Å². The first-order valence-corrected chi connectivity index (χ1v) is 6.54. The van der Waals surface area contributed by atoms with Gasteiger partial charge in [-0.1, -0.05) is 0 Å². The standard InChI is InChI=1S/C10H11N5O2S/c1-11-9-8(4-2-5-12-9)18(16,17)15-10-13-6-3-7-14-10/h2-7H,1H3,(H,11,12)(H,13,14,15). The molecule has 0 aliphatic rings. The molecule has 0 radical (unpaired) electrons. The molecule has 0 spiro atoms. The van der Waals surface area contributed by atoms with E-state index in [1.165, 1.54) is 24.7 Å².